The van der Waals surface area contributed by atoms with Crippen molar-refractivity contribution >= 4 is 11.7 Å². The van der Waals surface area contributed by atoms with E-state index >= 15 is 0 Å². The Bertz CT molecular complexity index is 566. The quantitative estimate of drug-likeness (QED) is 0.671. The summed E-state index contributed by atoms with van der Waals surface area (Å²) in [6, 6.07) is 3.57. The third-order valence-corrected chi connectivity index (χ3v) is 3.11. The maximum absolute atomic E-state index is 13.8. The average Bonchev–Trinajstić information content (AvgIpc) is 2.37. The van der Waals surface area contributed by atoms with Crippen molar-refractivity contribution in [3.63, 3.8) is 0 Å². The first-order valence-corrected chi connectivity index (χ1v) is 5.83. The highest BCUT2D eigenvalue weighted by Crippen LogP contribution is 2.33. The Labute approximate surface area is 112 Å². The molecule has 0 saturated carbocycles. The molecule has 0 fully saturated rings. The van der Waals surface area contributed by atoms with E-state index in [0.29, 0.717) is 0 Å². The standard InChI is InChI=1S/C13H11F4NO2/c14-10-3-1-2-9(12(19)20)11(10)18-6-4-8(5-7-18)13(15,16)17/h1-4H,5-7H2,(H,19,20). The molecule has 0 unspecified atom stereocenters. The van der Waals surface area contributed by atoms with Crippen LogP contribution in [0.25, 0.3) is 0 Å². The van der Waals surface area contributed by atoms with E-state index in [-0.39, 0.29) is 30.8 Å². The van der Waals surface area contributed by atoms with E-state index in [1.165, 1.54) is 17.0 Å². The van der Waals surface area contributed by atoms with Crippen LogP contribution in [0, 0.1) is 5.82 Å². The Morgan fingerprint density at radius 2 is 2.00 bits per heavy atom. The Kier molecular flexibility index (Phi) is 3.69. The van der Waals surface area contributed by atoms with Gasteiger partial charge in [0.1, 0.15) is 5.82 Å². The van der Waals surface area contributed by atoms with E-state index in [1.54, 1.807) is 0 Å². The number of carbonyl (C=O) groups is 1. The molecule has 0 aliphatic carbocycles. The van der Waals surface area contributed by atoms with Crippen LogP contribution in [-0.2, 0) is 0 Å². The Morgan fingerprint density at radius 1 is 1.30 bits per heavy atom. The van der Waals surface area contributed by atoms with Crippen LogP contribution in [0.15, 0.2) is 29.8 Å². The fourth-order valence-electron chi connectivity index (χ4n) is 2.14. The van der Waals surface area contributed by atoms with Gasteiger partial charge in [-0.25, -0.2) is 9.18 Å². The maximum atomic E-state index is 13.8. The van der Waals surface area contributed by atoms with Crippen molar-refractivity contribution in [2.24, 2.45) is 0 Å². The molecule has 0 radical (unpaired) electrons. The van der Waals surface area contributed by atoms with Gasteiger partial charge in [0.05, 0.1) is 11.3 Å². The van der Waals surface area contributed by atoms with Crippen LogP contribution in [0.4, 0.5) is 23.2 Å². The summed E-state index contributed by atoms with van der Waals surface area (Å²) in [7, 11) is 0. The molecule has 1 aliphatic rings. The van der Waals surface area contributed by atoms with Gasteiger partial charge in [0.25, 0.3) is 0 Å². The van der Waals surface area contributed by atoms with E-state index in [4.69, 9.17) is 5.11 Å². The molecular formula is C13H11F4NO2. The molecule has 0 amide bonds. The summed E-state index contributed by atoms with van der Waals surface area (Å²) in [6.45, 7) is -0.247. The van der Waals surface area contributed by atoms with Gasteiger partial charge >= 0.3 is 12.1 Å². The van der Waals surface area contributed by atoms with Crippen LogP contribution >= 0.6 is 0 Å². The van der Waals surface area contributed by atoms with Crippen molar-refractivity contribution in [2.45, 2.75) is 12.6 Å². The van der Waals surface area contributed by atoms with Gasteiger partial charge in [0.15, 0.2) is 0 Å². The molecule has 1 aliphatic heterocycles. The summed E-state index contributed by atoms with van der Waals surface area (Å²) < 4.78 is 51.3. The number of alkyl halides is 3. The number of para-hydroxylation sites is 1. The fraction of sp³-hybridized carbons (Fsp3) is 0.308. The molecule has 1 heterocycles. The second-order valence-electron chi connectivity index (χ2n) is 4.36. The number of hydrogen-bond donors (Lipinski definition) is 1. The lowest BCUT2D eigenvalue weighted by molar-refractivity contribution is -0.0944. The number of hydrogen-bond acceptors (Lipinski definition) is 2. The number of nitrogens with zero attached hydrogens (tertiary/aromatic N) is 1. The van der Waals surface area contributed by atoms with Crippen molar-refractivity contribution < 1.29 is 27.5 Å². The van der Waals surface area contributed by atoms with Gasteiger partial charge in [-0.05, 0) is 18.6 Å². The maximum Gasteiger partial charge on any atom is 0.412 e. The zero-order valence-electron chi connectivity index (χ0n) is 10.2. The van der Waals surface area contributed by atoms with Crippen molar-refractivity contribution in [1.82, 2.24) is 0 Å². The summed E-state index contributed by atoms with van der Waals surface area (Å²) in [4.78, 5) is 12.4. The minimum atomic E-state index is -4.39. The molecule has 1 N–H and O–H groups in total. The molecule has 108 valence electrons. The second-order valence-corrected chi connectivity index (χ2v) is 4.36. The fourth-order valence-corrected chi connectivity index (χ4v) is 2.14. The SMILES string of the molecule is O=C(O)c1cccc(F)c1N1CC=C(C(F)(F)F)CC1. The average molecular weight is 289 g/mol. The van der Waals surface area contributed by atoms with E-state index in [0.717, 1.165) is 12.1 Å². The van der Waals surface area contributed by atoms with Crippen LogP contribution in [0.5, 0.6) is 0 Å². The lowest BCUT2D eigenvalue weighted by Crippen LogP contribution is -2.33. The first kappa shape index (κ1) is 14.4. The highest BCUT2D eigenvalue weighted by atomic mass is 19.4. The van der Waals surface area contributed by atoms with Gasteiger partial charge in [-0.1, -0.05) is 12.1 Å². The highest BCUT2D eigenvalue weighted by Gasteiger charge is 2.35. The van der Waals surface area contributed by atoms with Gasteiger partial charge in [-0.3, -0.25) is 0 Å². The normalized spacial score (nSPS) is 16.0. The van der Waals surface area contributed by atoms with Gasteiger partial charge in [0, 0.05) is 18.7 Å². The zero-order valence-corrected chi connectivity index (χ0v) is 10.2. The Hall–Kier alpha value is -2.05. The summed E-state index contributed by atoms with van der Waals surface area (Å²) in [5.74, 6) is -2.07. The van der Waals surface area contributed by atoms with Crippen LogP contribution in [-0.4, -0.2) is 30.3 Å². The number of halogens is 4. The number of benzene rings is 1. The van der Waals surface area contributed by atoms with Crippen LogP contribution in [0.2, 0.25) is 0 Å². The molecule has 7 heteroatoms. The number of carboxylic acid groups (broad SMARTS) is 1. The van der Waals surface area contributed by atoms with Crippen molar-refractivity contribution in [1.29, 1.82) is 0 Å². The molecule has 0 atom stereocenters. The molecule has 0 bridgehead atoms. The Balaban J connectivity index is 2.32. The Morgan fingerprint density at radius 3 is 2.50 bits per heavy atom. The summed E-state index contributed by atoms with van der Waals surface area (Å²) in [5.41, 5.74) is -1.09. The molecule has 2 rings (SSSR count). The molecule has 1 aromatic carbocycles. The number of aromatic carboxylic acids is 1. The van der Waals surface area contributed by atoms with Crippen LogP contribution in [0.1, 0.15) is 16.8 Å². The third-order valence-electron chi connectivity index (χ3n) is 3.11. The smallest absolute Gasteiger partial charge is 0.412 e. The lowest BCUT2D eigenvalue weighted by Gasteiger charge is -2.30. The number of carboxylic acids is 1. The summed E-state index contributed by atoms with van der Waals surface area (Å²) >= 11 is 0. The molecule has 0 saturated heterocycles. The monoisotopic (exact) mass is 289 g/mol. The van der Waals surface area contributed by atoms with E-state index in [2.05, 4.69) is 0 Å². The molecule has 3 nitrogen and oxygen atoms in total. The van der Waals surface area contributed by atoms with Gasteiger partial charge < -0.3 is 10.0 Å². The first-order chi connectivity index (χ1) is 9.30. The molecular weight excluding hydrogens is 278 g/mol. The molecule has 0 spiro atoms. The first-order valence-electron chi connectivity index (χ1n) is 5.83. The highest BCUT2D eigenvalue weighted by molar-refractivity contribution is 5.94. The van der Waals surface area contributed by atoms with E-state index in [1.807, 2.05) is 0 Å². The van der Waals surface area contributed by atoms with Crippen LogP contribution < -0.4 is 4.90 Å². The molecule has 1 aromatic rings. The lowest BCUT2D eigenvalue weighted by atomic mass is 10.1. The molecule has 0 aromatic heterocycles. The number of anilines is 1. The topological polar surface area (TPSA) is 40.5 Å². The molecule has 20 heavy (non-hydrogen) atoms. The largest absolute Gasteiger partial charge is 0.478 e. The number of rotatable bonds is 2. The van der Waals surface area contributed by atoms with E-state index < -0.39 is 23.5 Å². The predicted molar refractivity (Wildman–Crippen MR) is 64.3 cm³/mol. The van der Waals surface area contributed by atoms with Gasteiger partial charge in [-0.15, -0.1) is 0 Å². The zero-order chi connectivity index (χ0) is 14.9. The van der Waals surface area contributed by atoms with Crippen molar-refractivity contribution in [3.8, 4) is 0 Å². The second kappa shape index (κ2) is 5.15. The minimum absolute atomic E-state index is 0.0768. The van der Waals surface area contributed by atoms with Crippen molar-refractivity contribution in [2.75, 3.05) is 18.0 Å². The van der Waals surface area contributed by atoms with Gasteiger partial charge in [-0.2, -0.15) is 13.2 Å². The summed E-state index contributed by atoms with van der Waals surface area (Å²) in [5, 5.41) is 9.01. The summed E-state index contributed by atoms with van der Waals surface area (Å²) in [6.07, 6.45) is -3.73. The van der Waals surface area contributed by atoms with Crippen LogP contribution in [0.3, 0.4) is 0 Å². The van der Waals surface area contributed by atoms with Gasteiger partial charge in [0.2, 0.25) is 0 Å². The van der Waals surface area contributed by atoms with E-state index in [9.17, 15) is 22.4 Å². The van der Waals surface area contributed by atoms with Crippen molar-refractivity contribution in [3.05, 3.63) is 41.2 Å². The minimum Gasteiger partial charge on any atom is -0.478 e. The third kappa shape index (κ3) is 2.76. The predicted octanol–water partition coefficient (Wildman–Crippen LogP) is 3.22.